The zero-order valence-electron chi connectivity index (χ0n) is 13.3. The number of rotatable bonds is 7. The Morgan fingerprint density at radius 3 is 2.74 bits per heavy atom. The van der Waals surface area contributed by atoms with Crippen molar-refractivity contribution in [3.8, 4) is 0 Å². The standard InChI is InChI=1S/C16H21ClN4S2/c1-21-10-9-18-15(21)14(12-4-6-13(17)7-5-12)20-16(22)19-8-3-11-23-2/h4-7,9-10,14H,3,8,11H2,1-2H3,(H2,19,20,22)/t14-/m0/s1. The molecular formula is C16H21ClN4S2. The van der Waals surface area contributed by atoms with Gasteiger partial charge in [-0.1, -0.05) is 23.7 Å². The summed E-state index contributed by atoms with van der Waals surface area (Å²) in [6.07, 6.45) is 6.90. The predicted octanol–water partition coefficient (Wildman–Crippen LogP) is 3.38. The minimum absolute atomic E-state index is 0.118. The lowest BCUT2D eigenvalue weighted by molar-refractivity contribution is 0.650. The summed E-state index contributed by atoms with van der Waals surface area (Å²) in [5.74, 6) is 2.02. The van der Waals surface area contributed by atoms with E-state index in [-0.39, 0.29) is 6.04 Å². The molecule has 23 heavy (non-hydrogen) atoms. The van der Waals surface area contributed by atoms with Crippen LogP contribution in [-0.2, 0) is 7.05 Å². The highest BCUT2D eigenvalue weighted by atomic mass is 35.5. The van der Waals surface area contributed by atoms with Gasteiger partial charge in [0, 0.05) is 31.0 Å². The van der Waals surface area contributed by atoms with Gasteiger partial charge >= 0.3 is 0 Å². The molecule has 0 aliphatic carbocycles. The van der Waals surface area contributed by atoms with E-state index in [9.17, 15) is 0 Å². The first kappa shape index (κ1) is 18.1. The molecule has 0 saturated heterocycles. The van der Waals surface area contributed by atoms with E-state index in [0.717, 1.165) is 30.1 Å². The van der Waals surface area contributed by atoms with Crippen LogP contribution in [0.1, 0.15) is 23.9 Å². The molecule has 1 aromatic carbocycles. The molecule has 1 atom stereocenters. The molecule has 2 aromatic rings. The van der Waals surface area contributed by atoms with Crippen LogP contribution in [-0.4, -0.2) is 33.2 Å². The van der Waals surface area contributed by atoms with Crippen LogP contribution < -0.4 is 10.6 Å². The molecule has 0 aliphatic heterocycles. The van der Waals surface area contributed by atoms with E-state index in [1.54, 1.807) is 6.20 Å². The van der Waals surface area contributed by atoms with Crippen LogP contribution in [0.25, 0.3) is 0 Å². The van der Waals surface area contributed by atoms with E-state index in [1.165, 1.54) is 0 Å². The quantitative estimate of drug-likeness (QED) is 0.579. The Hall–Kier alpha value is -1.24. The summed E-state index contributed by atoms with van der Waals surface area (Å²) >= 11 is 13.3. The molecule has 1 heterocycles. The zero-order chi connectivity index (χ0) is 16.7. The molecule has 2 N–H and O–H groups in total. The molecule has 0 bridgehead atoms. The lowest BCUT2D eigenvalue weighted by atomic mass is 10.1. The molecule has 0 unspecified atom stereocenters. The van der Waals surface area contributed by atoms with Crippen LogP contribution >= 0.6 is 35.6 Å². The summed E-state index contributed by atoms with van der Waals surface area (Å²) in [7, 11) is 1.97. The van der Waals surface area contributed by atoms with Crippen LogP contribution in [0, 0.1) is 0 Å². The topological polar surface area (TPSA) is 41.9 Å². The fourth-order valence-corrected chi connectivity index (χ4v) is 2.99. The number of hydrogen-bond acceptors (Lipinski definition) is 3. The van der Waals surface area contributed by atoms with Gasteiger partial charge < -0.3 is 15.2 Å². The maximum atomic E-state index is 6.00. The highest BCUT2D eigenvalue weighted by Crippen LogP contribution is 2.22. The van der Waals surface area contributed by atoms with Gasteiger partial charge in [-0.3, -0.25) is 0 Å². The summed E-state index contributed by atoms with van der Waals surface area (Å²) in [6, 6.07) is 7.62. The fourth-order valence-electron chi connectivity index (χ4n) is 2.21. The van der Waals surface area contributed by atoms with Crippen molar-refractivity contribution in [1.82, 2.24) is 20.2 Å². The minimum atomic E-state index is -0.118. The van der Waals surface area contributed by atoms with Crippen molar-refractivity contribution in [2.45, 2.75) is 12.5 Å². The number of halogens is 1. The Labute approximate surface area is 152 Å². The number of aromatic nitrogens is 2. The van der Waals surface area contributed by atoms with E-state index >= 15 is 0 Å². The smallest absolute Gasteiger partial charge is 0.167 e. The Kier molecular flexibility index (Phi) is 7.20. The third kappa shape index (κ3) is 5.41. The van der Waals surface area contributed by atoms with Crippen molar-refractivity contribution in [3.63, 3.8) is 0 Å². The van der Waals surface area contributed by atoms with Crippen molar-refractivity contribution in [1.29, 1.82) is 0 Å². The van der Waals surface area contributed by atoms with E-state index in [2.05, 4.69) is 21.9 Å². The van der Waals surface area contributed by atoms with Gasteiger partial charge in [0.15, 0.2) is 5.11 Å². The predicted molar refractivity (Wildman–Crippen MR) is 103 cm³/mol. The molecule has 2 rings (SSSR count). The summed E-state index contributed by atoms with van der Waals surface area (Å²) in [5, 5.41) is 7.96. The second-order valence-corrected chi connectivity index (χ2v) is 6.96. The van der Waals surface area contributed by atoms with E-state index < -0.39 is 0 Å². The van der Waals surface area contributed by atoms with E-state index in [4.69, 9.17) is 23.8 Å². The number of nitrogens with one attached hydrogen (secondary N) is 2. The molecule has 0 aliphatic rings. The lowest BCUT2D eigenvalue weighted by Gasteiger charge is -2.21. The first-order valence-corrected chi connectivity index (χ1v) is 9.56. The van der Waals surface area contributed by atoms with Gasteiger partial charge in [0.2, 0.25) is 0 Å². The molecule has 0 saturated carbocycles. The molecule has 0 amide bonds. The molecule has 7 heteroatoms. The molecule has 0 radical (unpaired) electrons. The number of imidazole rings is 1. The highest BCUT2D eigenvalue weighted by molar-refractivity contribution is 7.98. The number of hydrogen-bond donors (Lipinski definition) is 2. The van der Waals surface area contributed by atoms with Crippen molar-refractivity contribution in [2.24, 2.45) is 7.05 Å². The van der Waals surface area contributed by atoms with Gasteiger partial charge in [0.1, 0.15) is 11.9 Å². The maximum Gasteiger partial charge on any atom is 0.167 e. The monoisotopic (exact) mass is 368 g/mol. The summed E-state index contributed by atoms with van der Waals surface area (Å²) < 4.78 is 1.99. The van der Waals surface area contributed by atoms with Crippen molar-refractivity contribution < 1.29 is 0 Å². The van der Waals surface area contributed by atoms with Crippen molar-refractivity contribution >= 4 is 40.7 Å². The lowest BCUT2D eigenvalue weighted by Crippen LogP contribution is -2.39. The van der Waals surface area contributed by atoms with E-state index in [1.807, 2.05) is 53.8 Å². The van der Waals surface area contributed by atoms with Gasteiger partial charge in [-0.2, -0.15) is 11.8 Å². The SMILES string of the molecule is CSCCCNC(=S)N[C@@H](c1ccc(Cl)cc1)c1nccn1C. The molecular weight excluding hydrogens is 348 g/mol. The van der Waals surface area contributed by atoms with Crippen molar-refractivity contribution in [3.05, 3.63) is 53.1 Å². The summed E-state index contributed by atoms with van der Waals surface area (Å²) in [6.45, 7) is 0.862. The third-order valence-electron chi connectivity index (χ3n) is 3.41. The number of benzene rings is 1. The molecule has 4 nitrogen and oxygen atoms in total. The van der Waals surface area contributed by atoms with Crippen LogP contribution in [0.15, 0.2) is 36.7 Å². The maximum absolute atomic E-state index is 6.00. The van der Waals surface area contributed by atoms with E-state index in [0.29, 0.717) is 10.1 Å². The van der Waals surface area contributed by atoms with Gasteiger partial charge in [-0.15, -0.1) is 0 Å². The number of thioether (sulfide) groups is 1. The van der Waals surface area contributed by atoms with Gasteiger partial charge in [-0.25, -0.2) is 4.98 Å². The largest absolute Gasteiger partial charge is 0.363 e. The first-order valence-electron chi connectivity index (χ1n) is 7.38. The Balaban J connectivity index is 2.10. The normalized spacial score (nSPS) is 12.0. The molecule has 124 valence electrons. The van der Waals surface area contributed by atoms with Gasteiger partial charge in [0.05, 0.1) is 0 Å². The number of aryl methyl sites for hydroxylation is 1. The summed E-state index contributed by atoms with van der Waals surface area (Å²) in [4.78, 5) is 4.45. The summed E-state index contributed by atoms with van der Waals surface area (Å²) in [5.41, 5.74) is 1.07. The van der Waals surface area contributed by atoms with Crippen LogP contribution in [0.2, 0.25) is 5.02 Å². The highest BCUT2D eigenvalue weighted by Gasteiger charge is 2.19. The molecule has 0 spiro atoms. The number of nitrogens with zero attached hydrogens (tertiary/aromatic N) is 2. The van der Waals surface area contributed by atoms with Gasteiger partial charge in [0.25, 0.3) is 0 Å². The average Bonchev–Trinajstić information content (AvgIpc) is 2.96. The molecule has 1 aromatic heterocycles. The second-order valence-electron chi connectivity index (χ2n) is 5.13. The Morgan fingerprint density at radius 2 is 2.13 bits per heavy atom. The Morgan fingerprint density at radius 1 is 1.39 bits per heavy atom. The second kappa shape index (κ2) is 9.15. The van der Waals surface area contributed by atoms with Crippen LogP contribution in [0.5, 0.6) is 0 Å². The minimum Gasteiger partial charge on any atom is -0.363 e. The van der Waals surface area contributed by atoms with Crippen molar-refractivity contribution in [2.75, 3.05) is 18.6 Å². The first-order chi connectivity index (χ1) is 11.1. The average molecular weight is 369 g/mol. The fraction of sp³-hybridized carbons (Fsp3) is 0.375. The molecule has 0 fully saturated rings. The zero-order valence-corrected chi connectivity index (χ0v) is 15.6. The van der Waals surface area contributed by atoms with Gasteiger partial charge in [-0.05, 0) is 48.3 Å². The third-order valence-corrected chi connectivity index (χ3v) is 4.62. The number of thiocarbonyl (C=S) groups is 1. The van der Waals surface area contributed by atoms with Crippen LogP contribution in [0.3, 0.4) is 0 Å². The van der Waals surface area contributed by atoms with Crippen LogP contribution in [0.4, 0.5) is 0 Å². The Bertz CT molecular complexity index is 627.